The highest BCUT2D eigenvalue weighted by molar-refractivity contribution is 7.18. The lowest BCUT2D eigenvalue weighted by atomic mass is 10.0. The number of aliphatic hydroxyl groups excluding tert-OH is 1. The molecule has 3 rings (SSSR count). The predicted molar refractivity (Wildman–Crippen MR) is 84.5 cm³/mol. The molecule has 0 aliphatic carbocycles. The molecule has 3 aromatic rings. The fraction of sp³-hybridized carbons (Fsp3) is 0.188. The van der Waals surface area contributed by atoms with Crippen molar-refractivity contribution in [1.82, 2.24) is 4.98 Å². The van der Waals surface area contributed by atoms with Gasteiger partial charge in [0.05, 0.1) is 21.3 Å². The maximum atomic E-state index is 10.4. The summed E-state index contributed by atoms with van der Waals surface area (Å²) in [4.78, 5) is 4.55. The van der Waals surface area contributed by atoms with Crippen LogP contribution in [0, 0.1) is 6.92 Å². The van der Waals surface area contributed by atoms with Gasteiger partial charge in [0, 0.05) is 11.4 Å². The van der Waals surface area contributed by atoms with Crippen molar-refractivity contribution in [2.75, 3.05) is 0 Å². The first-order valence-corrected chi connectivity index (χ1v) is 7.61. The van der Waals surface area contributed by atoms with E-state index in [1.807, 2.05) is 49.4 Å². The highest BCUT2D eigenvalue weighted by atomic mass is 35.5. The molecule has 2 aromatic carbocycles. The Morgan fingerprint density at radius 1 is 1.25 bits per heavy atom. The van der Waals surface area contributed by atoms with Crippen LogP contribution in [0.3, 0.4) is 0 Å². The number of aromatic nitrogens is 1. The van der Waals surface area contributed by atoms with E-state index in [4.69, 9.17) is 11.6 Å². The molecule has 1 heterocycles. The molecule has 2 nitrogen and oxygen atoms in total. The maximum Gasteiger partial charge on any atom is 0.0967 e. The second-order valence-corrected chi connectivity index (χ2v) is 6.41. The number of benzene rings is 2. The van der Waals surface area contributed by atoms with Crippen molar-refractivity contribution in [2.45, 2.75) is 19.4 Å². The minimum Gasteiger partial charge on any atom is -0.388 e. The van der Waals surface area contributed by atoms with Gasteiger partial charge in [0.25, 0.3) is 0 Å². The first kappa shape index (κ1) is 13.6. The molecule has 0 bridgehead atoms. The van der Waals surface area contributed by atoms with Gasteiger partial charge < -0.3 is 5.11 Å². The summed E-state index contributed by atoms with van der Waals surface area (Å²) in [6, 6.07) is 13.7. The van der Waals surface area contributed by atoms with Crippen molar-refractivity contribution in [3.05, 3.63) is 63.6 Å². The summed E-state index contributed by atoms with van der Waals surface area (Å²) < 4.78 is 1.15. The first-order chi connectivity index (χ1) is 9.61. The average Bonchev–Trinajstić information content (AvgIpc) is 2.79. The molecule has 1 atom stereocenters. The van der Waals surface area contributed by atoms with Crippen LogP contribution in [0.2, 0.25) is 5.02 Å². The molecule has 0 aliphatic rings. The van der Waals surface area contributed by atoms with E-state index in [1.165, 1.54) is 0 Å². The van der Waals surface area contributed by atoms with Crippen molar-refractivity contribution in [3.63, 3.8) is 0 Å². The number of rotatable bonds is 3. The minimum absolute atomic E-state index is 0.513. The Kier molecular flexibility index (Phi) is 3.74. The van der Waals surface area contributed by atoms with Gasteiger partial charge in [0.15, 0.2) is 0 Å². The van der Waals surface area contributed by atoms with Gasteiger partial charge in [-0.2, -0.15) is 0 Å². The molecule has 1 aromatic heterocycles. The Labute approximate surface area is 126 Å². The second-order valence-electron chi connectivity index (χ2n) is 4.86. The largest absolute Gasteiger partial charge is 0.388 e. The number of hydrogen-bond donors (Lipinski definition) is 1. The van der Waals surface area contributed by atoms with Gasteiger partial charge in [-0.3, -0.25) is 0 Å². The van der Waals surface area contributed by atoms with Crippen LogP contribution in [0.5, 0.6) is 0 Å². The number of aryl methyl sites for hydroxylation is 1. The van der Waals surface area contributed by atoms with Gasteiger partial charge in [-0.05, 0) is 42.3 Å². The molecular formula is C16H14ClNOS. The number of hydrogen-bond acceptors (Lipinski definition) is 3. The van der Waals surface area contributed by atoms with Crippen molar-refractivity contribution in [3.8, 4) is 0 Å². The Bertz CT molecular complexity index is 700. The lowest BCUT2D eigenvalue weighted by Crippen LogP contribution is -2.01. The van der Waals surface area contributed by atoms with Crippen molar-refractivity contribution in [2.24, 2.45) is 0 Å². The molecular weight excluding hydrogens is 290 g/mol. The SMILES string of the molecule is Cc1cc(Cl)cc(C(O)Cc2nc3ccccc3s2)c1. The number of aliphatic hydroxyl groups is 1. The normalized spacial score (nSPS) is 12.8. The van der Waals surface area contributed by atoms with Gasteiger partial charge in [0.2, 0.25) is 0 Å². The van der Waals surface area contributed by atoms with Crippen LogP contribution in [0.25, 0.3) is 10.2 Å². The van der Waals surface area contributed by atoms with E-state index in [-0.39, 0.29) is 0 Å². The van der Waals surface area contributed by atoms with Gasteiger partial charge in [-0.15, -0.1) is 11.3 Å². The fourth-order valence-corrected chi connectivity index (χ4v) is 3.55. The van der Waals surface area contributed by atoms with Crippen molar-refractivity contribution >= 4 is 33.2 Å². The molecule has 0 saturated carbocycles. The molecule has 20 heavy (non-hydrogen) atoms. The summed E-state index contributed by atoms with van der Waals surface area (Å²) in [6.07, 6.45) is -0.0629. The molecule has 1 N–H and O–H groups in total. The first-order valence-electron chi connectivity index (χ1n) is 6.41. The molecule has 0 amide bonds. The molecule has 4 heteroatoms. The number of nitrogens with zero attached hydrogens (tertiary/aromatic N) is 1. The van der Waals surface area contributed by atoms with Crippen LogP contribution in [-0.2, 0) is 6.42 Å². The molecule has 0 radical (unpaired) electrons. The number of para-hydroxylation sites is 1. The zero-order valence-corrected chi connectivity index (χ0v) is 12.6. The highest BCUT2D eigenvalue weighted by Crippen LogP contribution is 2.27. The molecule has 0 saturated heterocycles. The zero-order chi connectivity index (χ0) is 14.1. The predicted octanol–water partition coefficient (Wildman–Crippen LogP) is 4.53. The van der Waals surface area contributed by atoms with Crippen LogP contribution in [-0.4, -0.2) is 10.1 Å². The van der Waals surface area contributed by atoms with Crippen LogP contribution in [0.4, 0.5) is 0 Å². The smallest absolute Gasteiger partial charge is 0.0967 e. The average molecular weight is 304 g/mol. The lowest BCUT2D eigenvalue weighted by Gasteiger charge is -2.10. The summed E-state index contributed by atoms with van der Waals surface area (Å²) in [6.45, 7) is 1.97. The van der Waals surface area contributed by atoms with Crippen LogP contribution >= 0.6 is 22.9 Å². The van der Waals surface area contributed by atoms with Crippen LogP contribution < -0.4 is 0 Å². The highest BCUT2D eigenvalue weighted by Gasteiger charge is 2.13. The summed E-state index contributed by atoms with van der Waals surface area (Å²) in [5, 5.41) is 12.0. The van der Waals surface area contributed by atoms with E-state index < -0.39 is 6.10 Å². The van der Waals surface area contributed by atoms with Crippen molar-refractivity contribution < 1.29 is 5.11 Å². The van der Waals surface area contributed by atoms with Gasteiger partial charge >= 0.3 is 0 Å². The van der Waals surface area contributed by atoms with E-state index in [0.29, 0.717) is 11.4 Å². The Balaban J connectivity index is 1.86. The molecule has 0 spiro atoms. The number of fused-ring (bicyclic) bond motifs is 1. The molecule has 1 unspecified atom stereocenters. The monoisotopic (exact) mass is 303 g/mol. The zero-order valence-electron chi connectivity index (χ0n) is 11.0. The Hall–Kier alpha value is -1.42. The Morgan fingerprint density at radius 2 is 2.05 bits per heavy atom. The van der Waals surface area contributed by atoms with Gasteiger partial charge in [0.1, 0.15) is 0 Å². The third-order valence-electron chi connectivity index (χ3n) is 3.16. The summed E-state index contributed by atoms with van der Waals surface area (Å²) in [7, 11) is 0. The van der Waals surface area contributed by atoms with E-state index in [1.54, 1.807) is 11.3 Å². The van der Waals surface area contributed by atoms with E-state index in [2.05, 4.69) is 4.98 Å². The van der Waals surface area contributed by atoms with Crippen LogP contribution in [0.15, 0.2) is 42.5 Å². The van der Waals surface area contributed by atoms with Gasteiger partial charge in [-0.25, -0.2) is 4.98 Å². The third kappa shape index (κ3) is 2.85. The number of thiazole rings is 1. The van der Waals surface area contributed by atoms with E-state index in [9.17, 15) is 5.11 Å². The molecule has 0 fully saturated rings. The maximum absolute atomic E-state index is 10.4. The quantitative estimate of drug-likeness (QED) is 0.771. The summed E-state index contributed by atoms with van der Waals surface area (Å²) in [5.41, 5.74) is 2.88. The Morgan fingerprint density at radius 3 is 2.80 bits per heavy atom. The van der Waals surface area contributed by atoms with Crippen molar-refractivity contribution in [1.29, 1.82) is 0 Å². The molecule has 0 aliphatic heterocycles. The topological polar surface area (TPSA) is 33.1 Å². The van der Waals surface area contributed by atoms with E-state index in [0.717, 1.165) is 26.4 Å². The van der Waals surface area contributed by atoms with Gasteiger partial charge in [-0.1, -0.05) is 29.8 Å². The van der Waals surface area contributed by atoms with Crippen LogP contribution in [0.1, 0.15) is 22.2 Å². The summed E-state index contributed by atoms with van der Waals surface area (Å²) >= 11 is 7.66. The fourth-order valence-electron chi connectivity index (χ4n) is 2.25. The molecule has 102 valence electrons. The standard InChI is InChI=1S/C16H14ClNOS/c1-10-6-11(8-12(17)7-10)14(19)9-16-18-13-4-2-3-5-15(13)20-16/h2-8,14,19H,9H2,1H3. The number of halogens is 1. The minimum atomic E-state index is -0.576. The summed E-state index contributed by atoms with van der Waals surface area (Å²) in [5.74, 6) is 0. The second kappa shape index (κ2) is 5.52. The third-order valence-corrected chi connectivity index (χ3v) is 4.43. The van der Waals surface area contributed by atoms with E-state index >= 15 is 0 Å². The lowest BCUT2D eigenvalue weighted by molar-refractivity contribution is 0.178.